The number of hydrogen-bond donors (Lipinski definition) is 0. The summed E-state index contributed by atoms with van der Waals surface area (Å²) in [5.74, 6) is -1.06. The van der Waals surface area contributed by atoms with Crippen LogP contribution in [0.15, 0.2) is 23.8 Å². The van der Waals surface area contributed by atoms with Crippen LogP contribution < -0.4 is 0 Å². The van der Waals surface area contributed by atoms with E-state index < -0.39 is 27.2 Å². The normalized spacial score (nSPS) is 35.4. The van der Waals surface area contributed by atoms with Crippen LogP contribution in [0.3, 0.4) is 0 Å². The van der Waals surface area contributed by atoms with Gasteiger partial charge in [-0.3, -0.25) is 9.59 Å². The van der Waals surface area contributed by atoms with Gasteiger partial charge in [-0.05, 0) is 67.1 Å². The topological polar surface area (TPSA) is 61.8 Å². The van der Waals surface area contributed by atoms with Crippen LogP contribution in [0.1, 0.15) is 91.0 Å². The summed E-state index contributed by atoms with van der Waals surface area (Å²) in [6.45, 7) is 14.8. The average Bonchev–Trinajstić information content (AvgIpc) is 2.80. The Morgan fingerprint density at radius 1 is 1.28 bits per heavy atom. The summed E-state index contributed by atoms with van der Waals surface area (Å²) < 4.78 is 42.5. The predicted octanol–water partition coefficient (Wildman–Crippen LogP) is 7.23. The Labute approximate surface area is 224 Å². The lowest BCUT2D eigenvalue weighted by Crippen LogP contribution is -2.47. The second kappa shape index (κ2) is 11.5. The van der Waals surface area contributed by atoms with Crippen LogP contribution >= 0.6 is 0 Å². The maximum atomic E-state index is 12.9. The molecule has 0 amide bonds. The lowest BCUT2D eigenvalue weighted by atomic mass is 9.65. The van der Waals surface area contributed by atoms with E-state index >= 15 is 0 Å². The highest BCUT2D eigenvalue weighted by Gasteiger charge is 2.44. The van der Waals surface area contributed by atoms with E-state index in [1.165, 1.54) is 0 Å². The number of hydrogen-bond acceptors (Lipinski definition) is 5. The molecule has 0 spiro atoms. The molecule has 3 aliphatic rings. The number of ether oxygens (including phenoxy) is 2. The van der Waals surface area contributed by atoms with Crippen molar-refractivity contribution in [3.63, 3.8) is 0 Å². The Morgan fingerprint density at radius 3 is 2.64 bits per heavy atom. The van der Waals surface area contributed by atoms with E-state index in [1.54, 1.807) is 0 Å². The molecule has 1 heterocycles. The molecule has 36 heavy (non-hydrogen) atoms. The van der Waals surface area contributed by atoms with Crippen LogP contribution in [0, 0.1) is 29.6 Å². The molecular formula is C30H50O5Si. The number of carbonyl (C=O) groups excluding carboxylic acids is 2. The summed E-state index contributed by atoms with van der Waals surface area (Å²) in [6, 6.07) is 0. The Bertz CT molecular complexity index is 951. The van der Waals surface area contributed by atoms with Gasteiger partial charge in [0.15, 0.2) is 8.32 Å². The van der Waals surface area contributed by atoms with E-state index in [1.807, 2.05) is 26.0 Å². The molecule has 6 heteroatoms. The van der Waals surface area contributed by atoms with Gasteiger partial charge in [0.05, 0.1) is 18.4 Å². The monoisotopic (exact) mass is 521 g/mol. The van der Waals surface area contributed by atoms with Gasteiger partial charge in [-0.1, -0.05) is 66.6 Å². The zero-order valence-corrected chi connectivity index (χ0v) is 24.6. The number of cyclic esters (lactones) is 1. The van der Waals surface area contributed by atoms with Crippen molar-refractivity contribution < 1.29 is 27.6 Å². The third-order valence-electron chi connectivity index (χ3n) is 8.98. The highest BCUT2D eigenvalue weighted by atomic mass is 28.4. The Morgan fingerprint density at radius 2 is 2.00 bits per heavy atom. The van der Waals surface area contributed by atoms with E-state index in [2.05, 4.69) is 46.9 Å². The molecule has 1 saturated heterocycles. The molecule has 1 fully saturated rings. The van der Waals surface area contributed by atoms with Crippen molar-refractivity contribution in [2.24, 2.45) is 29.6 Å². The van der Waals surface area contributed by atoms with Gasteiger partial charge < -0.3 is 13.9 Å². The molecule has 0 aromatic heterocycles. The Hall–Kier alpha value is -1.40. The lowest BCUT2D eigenvalue weighted by molar-refractivity contribution is -0.162. The Kier molecular flexibility index (Phi) is 7.99. The molecule has 0 radical (unpaired) electrons. The number of esters is 2. The summed E-state index contributed by atoms with van der Waals surface area (Å²) in [7, 11) is -2.02. The van der Waals surface area contributed by atoms with Gasteiger partial charge in [0.1, 0.15) is 12.2 Å². The molecule has 3 rings (SSSR count). The Balaban J connectivity index is 1.78. The summed E-state index contributed by atoms with van der Waals surface area (Å²) >= 11 is 0. The first-order valence-corrected chi connectivity index (χ1v) is 16.8. The van der Waals surface area contributed by atoms with E-state index in [9.17, 15) is 9.59 Å². The first-order chi connectivity index (χ1) is 17.9. The molecule has 5 nitrogen and oxygen atoms in total. The second-order valence-electron chi connectivity index (χ2n) is 12.8. The van der Waals surface area contributed by atoms with Crippen LogP contribution in [-0.2, 0) is 23.5 Å². The molecule has 0 aromatic rings. The van der Waals surface area contributed by atoms with Gasteiger partial charge in [-0.25, -0.2) is 0 Å². The van der Waals surface area contributed by atoms with Crippen LogP contribution in [0.25, 0.3) is 0 Å². The quantitative estimate of drug-likeness (QED) is 0.249. The number of rotatable bonds is 8. The van der Waals surface area contributed by atoms with E-state index in [-0.39, 0.29) is 52.9 Å². The SMILES string of the molecule is [2H]C([2H])([2H])C1C=C2C=C[C@H](C)[C@H](CCC3C[C@@H](O[Si](C)(C)C(C)(C)C)CC(=O)O3)[C@H]2C(OC(=O)[C@@H](C)CC)C1. The third kappa shape index (κ3) is 6.92. The van der Waals surface area contributed by atoms with Gasteiger partial charge >= 0.3 is 11.9 Å². The van der Waals surface area contributed by atoms with Crippen LogP contribution in [-0.4, -0.2) is 38.6 Å². The zero-order valence-electron chi connectivity index (χ0n) is 26.6. The maximum absolute atomic E-state index is 12.9. The first kappa shape index (κ1) is 24.9. The maximum Gasteiger partial charge on any atom is 0.308 e. The summed E-state index contributed by atoms with van der Waals surface area (Å²) in [6.07, 6.45) is 8.65. The zero-order chi connectivity index (χ0) is 29.3. The highest BCUT2D eigenvalue weighted by Crippen LogP contribution is 2.45. The number of fused-ring (bicyclic) bond motifs is 1. The third-order valence-corrected chi connectivity index (χ3v) is 13.5. The number of carbonyl (C=O) groups is 2. The second-order valence-corrected chi connectivity index (χ2v) is 17.6. The minimum atomic E-state index is -2.15. The molecule has 0 bridgehead atoms. The van der Waals surface area contributed by atoms with Crippen molar-refractivity contribution in [2.45, 2.75) is 123 Å². The molecule has 0 saturated carbocycles. The fourth-order valence-electron chi connectivity index (χ4n) is 5.52. The van der Waals surface area contributed by atoms with Gasteiger partial charge in [0.25, 0.3) is 0 Å². The first-order valence-electron chi connectivity index (χ1n) is 15.4. The predicted molar refractivity (Wildman–Crippen MR) is 147 cm³/mol. The van der Waals surface area contributed by atoms with Crippen molar-refractivity contribution in [3.8, 4) is 0 Å². The van der Waals surface area contributed by atoms with E-state index in [0.717, 1.165) is 12.0 Å². The molecule has 0 aromatic carbocycles. The van der Waals surface area contributed by atoms with Crippen molar-refractivity contribution >= 4 is 20.3 Å². The lowest BCUT2D eigenvalue weighted by Gasteiger charge is -2.44. The average molecular weight is 522 g/mol. The van der Waals surface area contributed by atoms with E-state index in [0.29, 0.717) is 32.1 Å². The molecule has 3 unspecified atom stereocenters. The van der Waals surface area contributed by atoms with Gasteiger partial charge in [0, 0.05) is 16.5 Å². The van der Waals surface area contributed by atoms with Gasteiger partial charge in [-0.15, -0.1) is 0 Å². The molecule has 8 atom stereocenters. The molecule has 204 valence electrons. The smallest absolute Gasteiger partial charge is 0.308 e. The van der Waals surface area contributed by atoms with Crippen molar-refractivity contribution in [2.75, 3.05) is 0 Å². The molecule has 1 aliphatic heterocycles. The van der Waals surface area contributed by atoms with Crippen molar-refractivity contribution in [1.29, 1.82) is 0 Å². The minimum Gasteiger partial charge on any atom is -0.462 e. The summed E-state index contributed by atoms with van der Waals surface area (Å²) in [4.78, 5) is 25.4. The van der Waals surface area contributed by atoms with Crippen LogP contribution in [0.5, 0.6) is 0 Å². The van der Waals surface area contributed by atoms with Crippen molar-refractivity contribution in [3.05, 3.63) is 23.8 Å². The van der Waals surface area contributed by atoms with E-state index in [4.69, 9.17) is 18.0 Å². The van der Waals surface area contributed by atoms with Crippen molar-refractivity contribution in [1.82, 2.24) is 0 Å². The van der Waals surface area contributed by atoms with Crippen LogP contribution in [0.4, 0.5) is 0 Å². The van der Waals surface area contributed by atoms with Gasteiger partial charge in [0.2, 0.25) is 0 Å². The summed E-state index contributed by atoms with van der Waals surface area (Å²) in [5, 5.41) is 0.0613. The fraction of sp³-hybridized carbons (Fsp3) is 0.800. The minimum absolute atomic E-state index is 0.0613. The number of allylic oxidation sites excluding steroid dienone is 3. The fourth-order valence-corrected chi connectivity index (χ4v) is 6.89. The molecular weight excluding hydrogens is 468 g/mol. The van der Waals surface area contributed by atoms with Crippen LogP contribution in [0.2, 0.25) is 18.1 Å². The highest BCUT2D eigenvalue weighted by molar-refractivity contribution is 6.74. The van der Waals surface area contributed by atoms with Gasteiger partial charge in [-0.2, -0.15) is 0 Å². The molecule has 0 N–H and O–H groups in total. The largest absolute Gasteiger partial charge is 0.462 e. The standard InChI is InChI=1S/C30H50O5Si/c1-10-20(3)29(32)34-26-16-19(2)15-22-12-11-21(4)25(28(22)26)14-13-23-17-24(18-27(31)33-23)35-36(8,9)30(5,6)7/h11-12,15,19-21,23-26,28H,10,13-14,16-18H2,1-9H3/t19?,20-,21-,23?,24+,25-,26?,28-/m0/s1/i2D3. The summed E-state index contributed by atoms with van der Waals surface area (Å²) in [5.41, 5.74) is 0.951. The molecule has 2 aliphatic carbocycles.